The summed E-state index contributed by atoms with van der Waals surface area (Å²) in [6.07, 6.45) is 96.8. The van der Waals surface area contributed by atoms with Crippen LogP contribution in [0.2, 0.25) is 0 Å². The van der Waals surface area contributed by atoms with Gasteiger partial charge in [-0.2, -0.15) is 0 Å². The van der Waals surface area contributed by atoms with Crippen molar-refractivity contribution in [1.29, 1.82) is 0 Å². The molecule has 6 nitrogen and oxygen atoms in total. The molecule has 0 spiro atoms. The zero-order valence-corrected chi connectivity index (χ0v) is 51.5. The van der Waals surface area contributed by atoms with Gasteiger partial charge >= 0.3 is 17.9 Å². The maximum atomic E-state index is 12.9. The largest absolute Gasteiger partial charge is 0.462 e. The molecule has 0 aliphatic rings. The van der Waals surface area contributed by atoms with Crippen LogP contribution < -0.4 is 0 Å². The molecule has 80 heavy (non-hydrogen) atoms. The van der Waals surface area contributed by atoms with Crippen molar-refractivity contribution in [3.63, 3.8) is 0 Å². The van der Waals surface area contributed by atoms with Gasteiger partial charge in [0.15, 0.2) is 6.10 Å². The molecule has 0 saturated heterocycles. The summed E-state index contributed by atoms with van der Waals surface area (Å²) in [5, 5.41) is 0. The summed E-state index contributed by atoms with van der Waals surface area (Å²) in [6, 6.07) is 0. The third-order valence-corrected chi connectivity index (χ3v) is 13.3. The molecule has 6 heteroatoms. The van der Waals surface area contributed by atoms with E-state index in [1.54, 1.807) is 0 Å². The highest BCUT2D eigenvalue weighted by atomic mass is 16.6. The van der Waals surface area contributed by atoms with Crippen LogP contribution >= 0.6 is 0 Å². The number of allylic oxidation sites excluding steroid dienone is 26. The van der Waals surface area contributed by atoms with Crippen molar-refractivity contribution in [2.24, 2.45) is 0 Å². The van der Waals surface area contributed by atoms with Crippen LogP contribution in [0.3, 0.4) is 0 Å². The van der Waals surface area contributed by atoms with Crippen molar-refractivity contribution in [2.45, 2.75) is 277 Å². The van der Waals surface area contributed by atoms with Crippen molar-refractivity contribution in [3.05, 3.63) is 158 Å². The van der Waals surface area contributed by atoms with Gasteiger partial charge in [-0.15, -0.1) is 0 Å². The Labute approximate surface area is 492 Å². The van der Waals surface area contributed by atoms with Crippen molar-refractivity contribution in [2.75, 3.05) is 13.2 Å². The van der Waals surface area contributed by atoms with E-state index in [1.807, 2.05) is 0 Å². The Balaban J connectivity index is 4.42. The van der Waals surface area contributed by atoms with Gasteiger partial charge in [-0.3, -0.25) is 14.4 Å². The first-order valence-corrected chi connectivity index (χ1v) is 32.5. The average Bonchev–Trinajstić information content (AvgIpc) is 3.46. The zero-order chi connectivity index (χ0) is 57.8. The molecule has 0 bridgehead atoms. The summed E-state index contributed by atoms with van der Waals surface area (Å²) < 4.78 is 16.9. The molecule has 0 fully saturated rings. The number of carbonyl (C=O) groups excluding carboxylic acids is 3. The smallest absolute Gasteiger partial charge is 0.306 e. The van der Waals surface area contributed by atoms with Gasteiger partial charge in [-0.25, -0.2) is 0 Å². The molecule has 0 aliphatic heterocycles. The number of unbranched alkanes of at least 4 members (excludes halogenated alkanes) is 20. The number of carbonyl (C=O) groups is 3. The molecule has 0 aromatic heterocycles. The summed E-state index contributed by atoms with van der Waals surface area (Å²) in [6.45, 7) is 6.36. The Bertz CT molecular complexity index is 1790. The first kappa shape index (κ1) is 75.0. The predicted octanol–water partition coefficient (Wildman–Crippen LogP) is 22.5. The molecule has 0 saturated carbocycles. The SMILES string of the molecule is CC/C=C\C/C=C\C/C=C\C/C=C\C/C=C\C/C=C\C/C=C\CCCCCCCCCC(=O)OCC(COC(=O)CCCCCCCCCCCCCC)OC(=O)CCCC/C=C\C/C=C\C/C=C\C/C=C\C/C=C\C/C=C\CC. The lowest BCUT2D eigenvalue weighted by molar-refractivity contribution is -0.167. The van der Waals surface area contributed by atoms with Crippen LogP contribution in [-0.4, -0.2) is 37.2 Å². The fourth-order valence-electron chi connectivity index (χ4n) is 8.48. The zero-order valence-electron chi connectivity index (χ0n) is 51.5. The third kappa shape index (κ3) is 63.9. The lowest BCUT2D eigenvalue weighted by Crippen LogP contribution is -2.30. The van der Waals surface area contributed by atoms with E-state index in [-0.39, 0.29) is 37.5 Å². The van der Waals surface area contributed by atoms with Crippen LogP contribution in [0.5, 0.6) is 0 Å². The molecular weight excluding hydrogens is 985 g/mol. The Morgan fingerprint density at radius 1 is 0.263 bits per heavy atom. The number of hydrogen-bond acceptors (Lipinski definition) is 6. The van der Waals surface area contributed by atoms with Gasteiger partial charge in [-0.05, 0) is 128 Å². The highest BCUT2D eigenvalue weighted by molar-refractivity contribution is 5.71. The number of ether oxygens (including phenoxy) is 3. The first-order chi connectivity index (χ1) is 39.5. The molecule has 0 aromatic rings. The summed E-state index contributed by atoms with van der Waals surface area (Å²) in [5.41, 5.74) is 0. The van der Waals surface area contributed by atoms with Crippen molar-refractivity contribution in [3.8, 4) is 0 Å². The Morgan fingerprint density at radius 3 is 0.787 bits per heavy atom. The van der Waals surface area contributed by atoms with Crippen molar-refractivity contribution >= 4 is 17.9 Å². The maximum absolute atomic E-state index is 12.9. The van der Waals surface area contributed by atoms with Gasteiger partial charge in [0.1, 0.15) is 13.2 Å². The van der Waals surface area contributed by atoms with Gasteiger partial charge in [0.05, 0.1) is 0 Å². The highest BCUT2D eigenvalue weighted by Gasteiger charge is 2.19. The molecule has 0 radical (unpaired) electrons. The minimum absolute atomic E-state index is 0.103. The van der Waals surface area contributed by atoms with Gasteiger partial charge in [0.2, 0.25) is 0 Å². The fourth-order valence-corrected chi connectivity index (χ4v) is 8.48. The molecule has 0 heterocycles. The van der Waals surface area contributed by atoms with Crippen LogP contribution in [0.15, 0.2) is 158 Å². The summed E-state index contributed by atoms with van der Waals surface area (Å²) in [7, 11) is 0. The lowest BCUT2D eigenvalue weighted by Gasteiger charge is -2.18. The van der Waals surface area contributed by atoms with E-state index in [2.05, 4.69) is 179 Å². The van der Waals surface area contributed by atoms with Crippen LogP contribution in [-0.2, 0) is 28.6 Å². The van der Waals surface area contributed by atoms with E-state index < -0.39 is 6.10 Å². The Morgan fingerprint density at radius 2 is 0.487 bits per heavy atom. The van der Waals surface area contributed by atoms with Crippen molar-refractivity contribution in [1.82, 2.24) is 0 Å². The molecular formula is C74H118O6. The first-order valence-electron chi connectivity index (χ1n) is 32.5. The highest BCUT2D eigenvalue weighted by Crippen LogP contribution is 2.15. The second-order valence-electron chi connectivity index (χ2n) is 20.9. The molecule has 0 rings (SSSR count). The van der Waals surface area contributed by atoms with E-state index >= 15 is 0 Å². The summed E-state index contributed by atoms with van der Waals surface area (Å²) >= 11 is 0. The summed E-state index contributed by atoms with van der Waals surface area (Å²) in [4.78, 5) is 38.3. The van der Waals surface area contributed by atoms with Crippen LogP contribution in [0.1, 0.15) is 271 Å². The minimum Gasteiger partial charge on any atom is -0.462 e. The van der Waals surface area contributed by atoms with E-state index in [0.29, 0.717) is 19.3 Å². The molecule has 1 unspecified atom stereocenters. The Kier molecular flexibility index (Phi) is 62.4. The van der Waals surface area contributed by atoms with Crippen LogP contribution in [0.4, 0.5) is 0 Å². The number of esters is 3. The van der Waals surface area contributed by atoms with Crippen molar-refractivity contribution < 1.29 is 28.6 Å². The molecule has 0 aromatic carbocycles. The normalized spacial score (nSPS) is 13.2. The van der Waals surface area contributed by atoms with E-state index in [0.717, 1.165) is 141 Å². The second-order valence-corrected chi connectivity index (χ2v) is 20.9. The lowest BCUT2D eigenvalue weighted by atomic mass is 10.0. The number of rotatable bonds is 57. The van der Waals surface area contributed by atoms with E-state index in [4.69, 9.17) is 14.2 Å². The maximum Gasteiger partial charge on any atom is 0.306 e. The third-order valence-electron chi connectivity index (χ3n) is 13.3. The molecule has 450 valence electrons. The van der Waals surface area contributed by atoms with Gasteiger partial charge in [0.25, 0.3) is 0 Å². The topological polar surface area (TPSA) is 78.9 Å². The second kappa shape index (κ2) is 66.5. The van der Waals surface area contributed by atoms with Crippen LogP contribution in [0.25, 0.3) is 0 Å². The summed E-state index contributed by atoms with van der Waals surface area (Å²) in [5.74, 6) is -0.960. The van der Waals surface area contributed by atoms with Gasteiger partial charge in [0, 0.05) is 19.3 Å². The minimum atomic E-state index is -0.813. The molecule has 0 N–H and O–H groups in total. The molecule has 1 atom stereocenters. The quantitative estimate of drug-likeness (QED) is 0.0261. The predicted molar refractivity (Wildman–Crippen MR) is 348 cm³/mol. The Hall–Kier alpha value is -4.97. The van der Waals surface area contributed by atoms with E-state index in [9.17, 15) is 14.4 Å². The molecule has 0 amide bonds. The van der Waals surface area contributed by atoms with Gasteiger partial charge < -0.3 is 14.2 Å². The van der Waals surface area contributed by atoms with Crippen LogP contribution in [0, 0.1) is 0 Å². The van der Waals surface area contributed by atoms with Gasteiger partial charge in [-0.1, -0.05) is 281 Å². The molecule has 0 aliphatic carbocycles. The van der Waals surface area contributed by atoms with E-state index in [1.165, 1.54) is 83.5 Å². The fraction of sp³-hybridized carbons (Fsp3) is 0.608. The average molecular weight is 1100 g/mol. The monoisotopic (exact) mass is 1100 g/mol. The number of hydrogen-bond donors (Lipinski definition) is 0. The standard InChI is InChI=1S/C74H118O6/c1-4-7-10-13-16-19-22-25-27-29-31-33-34-35-36-37-38-39-40-42-43-45-47-49-52-55-58-61-64-67-73(76)79-70-71(69-78-72(75)66-63-60-57-54-51-24-21-18-15-12-9-6-3)80-74(77)68-65-62-59-56-53-50-48-46-44-41-32-30-28-26-23-20-17-14-11-8-5-2/h7-8,10-11,16-17,19-20,25-28,31-33,35-36,38-39,41-43,46,48,53,56,71H,4-6,9,12-15,18,21-24,29-30,34,37,40,44-45,47,49-52,54-55,57-70H2,1-3H3/b10-7-,11-8-,19-16-,20-17-,27-25-,28-26-,33-31-,36-35-,39-38-,41-32-,43-42-,48-46-,56-53-.